The average Bonchev–Trinajstić information content (AvgIpc) is 2.01. The molecule has 0 heterocycles. The van der Waals surface area contributed by atoms with Crippen LogP contribution >= 0.6 is 0 Å². The standard InChI is InChI=1S/C9H16O3Si2/c1-13(2,10)12-14(3,11)9-7-5-4-6-8-9/h4-8,10-11H,1-3H3. The monoisotopic (exact) mass is 228 g/mol. The van der Waals surface area contributed by atoms with Gasteiger partial charge in [-0.25, -0.2) is 0 Å². The van der Waals surface area contributed by atoms with Crippen LogP contribution in [0.2, 0.25) is 19.6 Å². The molecule has 0 saturated carbocycles. The molecule has 5 heteroatoms. The van der Waals surface area contributed by atoms with Crippen molar-refractivity contribution in [1.82, 2.24) is 0 Å². The molecule has 0 saturated heterocycles. The lowest BCUT2D eigenvalue weighted by molar-refractivity contribution is 0.328. The van der Waals surface area contributed by atoms with Crippen LogP contribution in [0.3, 0.4) is 0 Å². The minimum atomic E-state index is -2.90. The van der Waals surface area contributed by atoms with Gasteiger partial charge >= 0.3 is 17.1 Å². The summed E-state index contributed by atoms with van der Waals surface area (Å²) < 4.78 is 5.40. The van der Waals surface area contributed by atoms with Crippen molar-refractivity contribution in [2.45, 2.75) is 19.6 Å². The Labute approximate surface area is 86.5 Å². The van der Waals surface area contributed by atoms with Gasteiger partial charge in [-0.2, -0.15) is 0 Å². The quantitative estimate of drug-likeness (QED) is 0.748. The van der Waals surface area contributed by atoms with Crippen LogP contribution in [0.15, 0.2) is 30.3 Å². The van der Waals surface area contributed by atoms with Crippen LogP contribution in [-0.4, -0.2) is 26.7 Å². The molecule has 0 radical (unpaired) electrons. The van der Waals surface area contributed by atoms with Crippen LogP contribution in [0.5, 0.6) is 0 Å². The zero-order valence-electron chi connectivity index (χ0n) is 8.69. The molecule has 1 rings (SSSR count). The van der Waals surface area contributed by atoms with E-state index in [1.165, 1.54) is 0 Å². The highest BCUT2D eigenvalue weighted by molar-refractivity contribution is 6.86. The number of rotatable bonds is 3. The Hall–Kier alpha value is -0.466. The highest BCUT2D eigenvalue weighted by Gasteiger charge is 2.36. The largest absolute Gasteiger partial charge is 0.412 e. The third kappa shape index (κ3) is 3.35. The summed E-state index contributed by atoms with van der Waals surface area (Å²) in [5.74, 6) is 0. The van der Waals surface area contributed by atoms with Gasteiger partial charge in [0.1, 0.15) is 0 Å². The van der Waals surface area contributed by atoms with Crippen molar-refractivity contribution < 1.29 is 13.7 Å². The van der Waals surface area contributed by atoms with Crippen molar-refractivity contribution in [3.8, 4) is 0 Å². The first-order chi connectivity index (χ1) is 6.31. The molecule has 1 atom stereocenters. The molecule has 0 aliphatic carbocycles. The zero-order chi connectivity index (χ0) is 10.8. The maximum absolute atomic E-state index is 10.1. The second-order valence-electron chi connectivity index (χ2n) is 3.90. The molecular formula is C9H16O3Si2. The van der Waals surface area contributed by atoms with Gasteiger partial charge in [-0.1, -0.05) is 30.3 Å². The zero-order valence-corrected chi connectivity index (χ0v) is 10.7. The molecule has 0 aromatic heterocycles. The second-order valence-corrected chi connectivity index (χ2v) is 10.2. The molecular weight excluding hydrogens is 212 g/mol. The summed E-state index contributed by atoms with van der Waals surface area (Å²) in [4.78, 5) is 19.7. The van der Waals surface area contributed by atoms with Crippen molar-refractivity contribution in [1.29, 1.82) is 0 Å². The van der Waals surface area contributed by atoms with E-state index in [1.54, 1.807) is 19.6 Å². The normalized spacial score (nSPS) is 16.4. The van der Waals surface area contributed by atoms with Crippen LogP contribution in [0.4, 0.5) is 0 Å². The lowest BCUT2D eigenvalue weighted by Crippen LogP contribution is -2.55. The Kier molecular flexibility index (Phi) is 3.28. The molecule has 78 valence electrons. The van der Waals surface area contributed by atoms with Crippen molar-refractivity contribution in [3.63, 3.8) is 0 Å². The minimum absolute atomic E-state index is 0.787. The molecule has 0 fully saturated rings. The molecule has 0 aliphatic rings. The van der Waals surface area contributed by atoms with E-state index in [4.69, 9.17) is 4.12 Å². The summed E-state index contributed by atoms with van der Waals surface area (Å²) in [5, 5.41) is 0.787. The Bertz CT molecular complexity index is 293. The predicted molar refractivity (Wildman–Crippen MR) is 60.7 cm³/mol. The molecule has 0 bridgehead atoms. The maximum Gasteiger partial charge on any atom is 0.357 e. The lowest BCUT2D eigenvalue weighted by Gasteiger charge is -2.27. The summed E-state index contributed by atoms with van der Waals surface area (Å²) in [5.41, 5.74) is 0. The van der Waals surface area contributed by atoms with Crippen LogP contribution in [0, 0.1) is 0 Å². The summed E-state index contributed by atoms with van der Waals surface area (Å²) in [7, 11) is -5.57. The van der Waals surface area contributed by atoms with E-state index in [-0.39, 0.29) is 0 Å². The highest BCUT2D eigenvalue weighted by atomic mass is 28.5. The SMILES string of the molecule is C[Si](C)(O)O[Si](C)(O)c1ccccc1. The van der Waals surface area contributed by atoms with Crippen LogP contribution in [0.25, 0.3) is 0 Å². The fourth-order valence-electron chi connectivity index (χ4n) is 1.29. The van der Waals surface area contributed by atoms with Gasteiger partial charge in [0.25, 0.3) is 0 Å². The van der Waals surface area contributed by atoms with Gasteiger partial charge in [-0.05, 0) is 24.8 Å². The van der Waals surface area contributed by atoms with Crippen molar-refractivity contribution in [2.75, 3.05) is 0 Å². The molecule has 1 aromatic rings. The first kappa shape index (κ1) is 11.6. The topological polar surface area (TPSA) is 49.7 Å². The summed E-state index contributed by atoms with van der Waals surface area (Å²) >= 11 is 0. The van der Waals surface area contributed by atoms with Gasteiger partial charge in [-0.3, -0.25) is 0 Å². The first-order valence-electron chi connectivity index (χ1n) is 4.52. The van der Waals surface area contributed by atoms with E-state index in [1.807, 2.05) is 30.3 Å². The summed E-state index contributed by atoms with van der Waals surface area (Å²) in [6.07, 6.45) is 0. The Morgan fingerprint density at radius 3 is 1.93 bits per heavy atom. The van der Waals surface area contributed by atoms with E-state index in [2.05, 4.69) is 0 Å². The van der Waals surface area contributed by atoms with Gasteiger partial charge in [-0.15, -0.1) is 0 Å². The van der Waals surface area contributed by atoms with E-state index >= 15 is 0 Å². The second kappa shape index (κ2) is 3.95. The lowest BCUT2D eigenvalue weighted by atomic mass is 10.4. The maximum atomic E-state index is 10.1. The minimum Gasteiger partial charge on any atom is -0.412 e. The summed E-state index contributed by atoms with van der Waals surface area (Å²) in [6.45, 7) is 4.97. The van der Waals surface area contributed by atoms with Gasteiger partial charge in [0.2, 0.25) is 0 Å². The smallest absolute Gasteiger partial charge is 0.357 e. The molecule has 0 amide bonds. The predicted octanol–water partition coefficient (Wildman–Crippen LogP) is 0.669. The molecule has 1 unspecified atom stereocenters. The summed E-state index contributed by atoms with van der Waals surface area (Å²) in [6, 6.07) is 9.24. The highest BCUT2D eigenvalue weighted by Crippen LogP contribution is 2.09. The number of benzene rings is 1. The average molecular weight is 228 g/mol. The van der Waals surface area contributed by atoms with Gasteiger partial charge in [0.15, 0.2) is 0 Å². The third-order valence-electron chi connectivity index (χ3n) is 1.76. The fraction of sp³-hybridized carbons (Fsp3) is 0.333. The molecule has 14 heavy (non-hydrogen) atoms. The van der Waals surface area contributed by atoms with E-state index in [0.717, 1.165) is 5.19 Å². The Morgan fingerprint density at radius 2 is 1.50 bits per heavy atom. The Balaban J connectivity index is 2.86. The van der Waals surface area contributed by atoms with Crippen LogP contribution < -0.4 is 5.19 Å². The van der Waals surface area contributed by atoms with E-state index in [0.29, 0.717) is 0 Å². The molecule has 0 spiro atoms. The Morgan fingerprint density at radius 1 is 1.00 bits per heavy atom. The molecule has 0 aliphatic heterocycles. The molecule has 2 N–H and O–H groups in total. The molecule has 3 nitrogen and oxygen atoms in total. The van der Waals surface area contributed by atoms with E-state index < -0.39 is 17.1 Å². The van der Waals surface area contributed by atoms with Crippen molar-refractivity contribution in [3.05, 3.63) is 30.3 Å². The van der Waals surface area contributed by atoms with Crippen molar-refractivity contribution >= 4 is 22.3 Å². The molecule has 1 aromatic carbocycles. The van der Waals surface area contributed by atoms with Crippen LogP contribution in [-0.2, 0) is 4.12 Å². The fourth-order valence-corrected chi connectivity index (χ4v) is 6.47. The van der Waals surface area contributed by atoms with Gasteiger partial charge < -0.3 is 13.7 Å². The van der Waals surface area contributed by atoms with E-state index in [9.17, 15) is 9.59 Å². The third-order valence-corrected chi connectivity index (χ3v) is 6.75. The van der Waals surface area contributed by atoms with Crippen LogP contribution in [0.1, 0.15) is 0 Å². The first-order valence-corrected chi connectivity index (χ1v) is 9.73. The van der Waals surface area contributed by atoms with Crippen molar-refractivity contribution in [2.24, 2.45) is 0 Å². The number of hydrogen-bond donors (Lipinski definition) is 2. The van der Waals surface area contributed by atoms with Gasteiger partial charge in [0.05, 0.1) is 0 Å². The van der Waals surface area contributed by atoms with Gasteiger partial charge in [0, 0.05) is 0 Å². The number of hydrogen-bond acceptors (Lipinski definition) is 3.